The summed E-state index contributed by atoms with van der Waals surface area (Å²) in [5, 5.41) is 9.81. The summed E-state index contributed by atoms with van der Waals surface area (Å²) >= 11 is 11.3. The summed E-state index contributed by atoms with van der Waals surface area (Å²) in [6, 6.07) is 1.08. The molecule has 0 saturated heterocycles. The third-order valence-electron chi connectivity index (χ3n) is 4.59. The first-order valence-corrected chi connectivity index (χ1v) is 10.2. The summed E-state index contributed by atoms with van der Waals surface area (Å²) in [4.78, 5) is 36.4. The maximum atomic E-state index is 13.9. The highest BCUT2D eigenvalue weighted by atomic mass is 35.5. The molecule has 0 aliphatic heterocycles. The average molecular weight is 626 g/mol. The van der Waals surface area contributed by atoms with E-state index >= 15 is 0 Å². The van der Waals surface area contributed by atoms with E-state index in [1.165, 1.54) is 0 Å². The van der Waals surface area contributed by atoms with E-state index in [0.717, 1.165) is 14.1 Å². The van der Waals surface area contributed by atoms with Crippen molar-refractivity contribution in [3.8, 4) is 11.6 Å². The molecule has 1 amide bonds. The monoisotopic (exact) mass is 625 g/mol. The first kappa shape index (κ1) is 32.0. The van der Waals surface area contributed by atoms with Gasteiger partial charge in [0.05, 0.1) is 10.0 Å². The zero-order valence-corrected chi connectivity index (χ0v) is 20.2. The van der Waals surface area contributed by atoms with Gasteiger partial charge in [0.2, 0.25) is 5.88 Å². The first-order valence-electron chi connectivity index (χ1n) is 9.46. The van der Waals surface area contributed by atoms with E-state index in [4.69, 9.17) is 23.2 Å². The Morgan fingerprint density at radius 3 is 1.92 bits per heavy atom. The number of benzene rings is 1. The summed E-state index contributed by atoms with van der Waals surface area (Å²) < 4.78 is 137. The maximum Gasteiger partial charge on any atom is 0.462 e. The second kappa shape index (κ2) is 10.4. The van der Waals surface area contributed by atoms with Crippen molar-refractivity contribution in [3.05, 3.63) is 48.6 Å². The molecule has 0 aliphatic rings. The molecule has 218 valence electrons. The maximum absolute atomic E-state index is 13.9. The van der Waals surface area contributed by atoms with Crippen LogP contribution in [-0.4, -0.2) is 50.8 Å². The molecule has 0 fully saturated rings. The number of hydrogen-bond acceptors (Lipinski definition) is 6. The Kier molecular flexibility index (Phi) is 8.55. The van der Waals surface area contributed by atoms with Crippen molar-refractivity contribution < 1.29 is 63.3 Å². The van der Waals surface area contributed by atoms with E-state index in [9.17, 15) is 63.4 Å². The van der Waals surface area contributed by atoms with Crippen molar-refractivity contribution in [1.29, 1.82) is 0 Å². The Labute approximate surface area is 218 Å². The van der Waals surface area contributed by atoms with Gasteiger partial charge in [0.1, 0.15) is 0 Å². The minimum absolute atomic E-state index is 0.442. The van der Waals surface area contributed by atoms with Crippen LogP contribution in [0.25, 0.3) is 0 Å². The highest BCUT2D eigenvalue weighted by molar-refractivity contribution is 6.37. The lowest BCUT2D eigenvalue weighted by Crippen LogP contribution is -2.56. The summed E-state index contributed by atoms with van der Waals surface area (Å²) in [5.41, 5.74) is -3.79. The first-order chi connectivity index (χ1) is 17.5. The van der Waals surface area contributed by atoms with E-state index in [1.54, 1.807) is 0 Å². The van der Waals surface area contributed by atoms with Crippen LogP contribution in [0.1, 0.15) is 10.4 Å². The van der Waals surface area contributed by atoms with Gasteiger partial charge in [-0.1, -0.05) is 23.2 Å². The van der Waals surface area contributed by atoms with Crippen molar-refractivity contribution in [2.75, 3.05) is 5.32 Å². The van der Waals surface area contributed by atoms with Crippen LogP contribution in [0.3, 0.4) is 0 Å². The van der Waals surface area contributed by atoms with Gasteiger partial charge < -0.3 is 15.2 Å². The number of halogens is 12. The third kappa shape index (κ3) is 6.03. The number of anilines is 1. The number of ether oxygens (including phenoxy) is 2. The Morgan fingerprint density at radius 2 is 1.46 bits per heavy atom. The number of hydrogen-bond donors (Lipinski definition) is 2. The minimum Gasteiger partial charge on any atom is -0.494 e. The molecule has 1 aromatic heterocycles. The third-order valence-corrected chi connectivity index (χ3v) is 5.15. The lowest BCUT2D eigenvalue weighted by molar-refractivity contribution is -0.459. The highest BCUT2D eigenvalue weighted by Crippen LogP contribution is 2.49. The number of carbonyl (C=O) groups excluding carboxylic acids is 1. The summed E-state index contributed by atoms with van der Waals surface area (Å²) in [5.74, 6) is -11.0. The van der Waals surface area contributed by atoms with Crippen LogP contribution < -0.4 is 21.3 Å². The van der Waals surface area contributed by atoms with E-state index < -0.39 is 80.8 Å². The Bertz CT molecular complexity index is 1390. The van der Waals surface area contributed by atoms with E-state index in [0.29, 0.717) is 21.3 Å². The average Bonchev–Trinajstić information content (AvgIpc) is 2.77. The van der Waals surface area contributed by atoms with Crippen molar-refractivity contribution in [2.24, 2.45) is 14.1 Å². The molecular formula is C18H11Cl2F10N3O6. The van der Waals surface area contributed by atoms with Crippen LogP contribution in [0.4, 0.5) is 49.6 Å². The van der Waals surface area contributed by atoms with Gasteiger partial charge >= 0.3 is 36.4 Å². The molecule has 9 nitrogen and oxygen atoms in total. The number of aromatic hydroxyl groups is 1. The molecule has 1 atom stereocenters. The van der Waals surface area contributed by atoms with E-state index in [1.807, 2.05) is 5.32 Å². The van der Waals surface area contributed by atoms with Gasteiger partial charge in [0.15, 0.2) is 11.3 Å². The quantitative estimate of drug-likeness (QED) is 0.420. The second-order valence-electron chi connectivity index (χ2n) is 7.31. The number of rotatable bonds is 8. The molecule has 0 bridgehead atoms. The van der Waals surface area contributed by atoms with Gasteiger partial charge in [0.25, 0.3) is 11.5 Å². The van der Waals surface area contributed by atoms with E-state index in [2.05, 4.69) is 9.47 Å². The zero-order chi connectivity index (χ0) is 30.5. The summed E-state index contributed by atoms with van der Waals surface area (Å²) in [7, 11) is 1.96. The van der Waals surface area contributed by atoms with Gasteiger partial charge in [-0.25, -0.2) is 9.18 Å². The van der Waals surface area contributed by atoms with E-state index in [-0.39, 0.29) is 0 Å². The molecule has 2 N–H and O–H groups in total. The predicted molar refractivity (Wildman–Crippen MR) is 111 cm³/mol. The number of aromatic nitrogens is 2. The topological polar surface area (TPSA) is 112 Å². The Hall–Kier alpha value is -3.19. The summed E-state index contributed by atoms with van der Waals surface area (Å²) in [6.45, 7) is 0. The van der Waals surface area contributed by atoms with Crippen LogP contribution in [0.15, 0.2) is 21.7 Å². The molecule has 1 heterocycles. The fraction of sp³-hybridized carbons (Fsp3) is 0.389. The molecule has 1 unspecified atom stereocenters. The van der Waals surface area contributed by atoms with Gasteiger partial charge in [0, 0.05) is 19.8 Å². The van der Waals surface area contributed by atoms with Gasteiger partial charge in [-0.05, 0) is 12.1 Å². The number of nitrogens with zero attached hydrogens (tertiary/aromatic N) is 2. The molecule has 21 heteroatoms. The van der Waals surface area contributed by atoms with Crippen LogP contribution in [0, 0.1) is 0 Å². The standard InChI is InChI=1S/C18H11Cl2F10N3O6/c1-32-11(35)8(12(36)33(2)14(32)37)10(34)31-5-3-6(19)9(7(20)4-5)38-15(22,23)13(21)39-18(29,30)16(24,25)17(26,27)28/h3-4,13,35H,1-2H3,(H,31,34). The number of amides is 1. The highest BCUT2D eigenvalue weighted by Gasteiger charge is 2.76. The van der Waals surface area contributed by atoms with Crippen LogP contribution in [0.2, 0.25) is 10.0 Å². The second-order valence-corrected chi connectivity index (χ2v) is 8.13. The number of alkyl halides is 10. The van der Waals surface area contributed by atoms with Crippen molar-refractivity contribution in [1.82, 2.24) is 9.13 Å². The molecule has 2 aromatic rings. The zero-order valence-electron chi connectivity index (χ0n) is 18.7. The van der Waals surface area contributed by atoms with Gasteiger partial charge in [-0.15, -0.1) is 0 Å². The lowest BCUT2D eigenvalue weighted by Gasteiger charge is -2.30. The fourth-order valence-corrected chi connectivity index (χ4v) is 3.14. The SMILES string of the molecule is Cn1c(O)c(C(=O)Nc2cc(Cl)c(OC(F)(F)C(F)OC(F)(F)C(F)(F)C(F)(F)F)c(Cl)c2)c(=O)n(C)c1=O. The molecular weight excluding hydrogens is 615 g/mol. The number of carbonyl (C=O) groups is 1. The predicted octanol–water partition coefficient (Wildman–Crippen LogP) is 4.42. The fourth-order valence-electron chi connectivity index (χ4n) is 2.58. The van der Waals surface area contributed by atoms with Gasteiger partial charge in [-0.3, -0.25) is 23.5 Å². The lowest BCUT2D eigenvalue weighted by atomic mass is 10.2. The smallest absolute Gasteiger partial charge is 0.462 e. The Balaban J connectivity index is 2.33. The summed E-state index contributed by atoms with van der Waals surface area (Å²) in [6.07, 6.45) is -24.5. The molecule has 0 spiro atoms. The largest absolute Gasteiger partial charge is 0.494 e. The van der Waals surface area contributed by atoms with Gasteiger partial charge in [-0.2, -0.15) is 39.5 Å². The molecule has 0 radical (unpaired) electrons. The minimum atomic E-state index is -7.09. The molecule has 2 rings (SSSR count). The van der Waals surface area contributed by atoms with Crippen molar-refractivity contribution in [3.63, 3.8) is 0 Å². The normalized spacial score (nSPS) is 13.8. The van der Waals surface area contributed by atoms with Crippen molar-refractivity contribution >= 4 is 34.8 Å². The molecule has 1 aromatic carbocycles. The molecule has 0 aliphatic carbocycles. The van der Waals surface area contributed by atoms with Crippen LogP contribution in [0.5, 0.6) is 11.6 Å². The molecule has 0 saturated carbocycles. The number of nitrogens with one attached hydrogen (secondary N) is 1. The Morgan fingerprint density at radius 1 is 0.974 bits per heavy atom. The molecule has 39 heavy (non-hydrogen) atoms. The van der Waals surface area contributed by atoms with Crippen LogP contribution in [-0.2, 0) is 18.8 Å². The van der Waals surface area contributed by atoms with Crippen molar-refractivity contribution in [2.45, 2.75) is 30.7 Å². The van der Waals surface area contributed by atoms with Crippen LogP contribution >= 0.6 is 23.2 Å².